The number of rotatable bonds is 7. The molecule has 5 heteroatoms. The fourth-order valence-corrected chi connectivity index (χ4v) is 5.21. The van der Waals surface area contributed by atoms with Gasteiger partial charge in [0.25, 0.3) is 5.91 Å². The quantitative estimate of drug-likeness (QED) is 0.753. The second-order valence-corrected chi connectivity index (χ2v) is 8.82. The van der Waals surface area contributed by atoms with Gasteiger partial charge >= 0.3 is 0 Å². The summed E-state index contributed by atoms with van der Waals surface area (Å²) in [5.74, 6) is 2.75. The second-order valence-electron chi connectivity index (χ2n) is 8.38. The highest BCUT2D eigenvalue weighted by Crippen LogP contribution is 2.60. The molecule has 1 aromatic rings. The summed E-state index contributed by atoms with van der Waals surface area (Å²) >= 11 is 5.91. The Labute approximate surface area is 166 Å². The zero-order valence-electron chi connectivity index (χ0n) is 16.0. The fourth-order valence-electron chi connectivity index (χ4n) is 5.08. The Kier molecular flexibility index (Phi) is 6.05. The van der Waals surface area contributed by atoms with Crippen LogP contribution in [0.5, 0.6) is 0 Å². The molecule has 0 radical (unpaired) electrons. The molecular formula is C22H30ClNO3. The average molecular weight is 392 g/mol. The van der Waals surface area contributed by atoms with E-state index in [0.29, 0.717) is 28.5 Å². The maximum Gasteiger partial charge on any atom is 0.251 e. The van der Waals surface area contributed by atoms with Crippen LogP contribution < -0.4 is 5.32 Å². The van der Waals surface area contributed by atoms with E-state index in [1.807, 2.05) is 0 Å². The lowest BCUT2D eigenvalue weighted by atomic mass is 9.99. The van der Waals surface area contributed by atoms with E-state index < -0.39 is 0 Å². The van der Waals surface area contributed by atoms with Crippen molar-refractivity contribution in [3.63, 3.8) is 0 Å². The maximum absolute atomic E-state index is 12.5. The third-order valence-electron chi connectivity index (χ3n) is 6.70. The topological polar surface area (TPSA) is 47.6 Å². The van der Waals surface area contributed by atoms with Crippen molar-refractivity contribution in [1.82, 2.24) is 5.32 Å². The molecule has 1 aromatic carbocycles. The third-order valence-corrected chi connectivity index (χ3v) is 6.96. The number of ether oxygens (including phenoxy) is 2. The maximum atomic E-state index is 12.5. The molecule has 2 saturated carbocycles. The highest BCUT2D eigenvalue weighted by atomic mass is 35.5. The third kappa shape index (κ3) is 4.49. The molecule has 3 unspecified atom stereocenters. The SMILES string of the molecule is CCC(NC(=O)c1ccc(Cl)cc1)C1C2CC(OCC3CCOCC3)CC21. The van der Waals surface area contributed by atoms with Crippen LogP contribution in [-0.4, -0.2) is 37.9 Å². The van der Waals surface area contributed by atoms with E-state index in [-0.39, 0.29) is 11.9 Å². The van der Waals surface area contributed by atoms with Crippen LogP contribution in [0.15, 0.2) is 24.3 Å². The first-order chi connectivity index (χ1) is 13.2. The number of carbonyl (C=O) groups excluding carboxylic acids is 1. The van der Waals surface area contributed by atoms with Gasteiger partial charge < -0.3 is 14.8 Å². The zero-order chi connectivity index (χ0) is 18.8. The van der Waals surface area contributed by atoms with Gasteiger partial charge in [-0.25, -0.2) is 0 Å². The van der Waals surface area contributed by atoms with Crippen LogP contribution in [0.25, 0.3) is 0 Å². The Balaban J connectivity index is 1.23. The number of benzene rings is 1. The molecule has 3 atom stereocenters. The minimum atomic E-state index is 0.0100. The van der Waals surface area contributed by atoms with Gasteiger partial charge in [0.2, 0.25) is 0 Å². The average Bonchev–Trinajstić information content (AvgIpc) is 3.18. The fraction of sp³-hybridized carbons (Fsp3) is 0.682. The minimum absolute atomic E-state index is 0.0100. The van der Waals surface area contributed by atoms with Gasteiger partial charge in [-0.05, 0) is 80.0 Å². The molecule has 2 aliphatic carbocycles. The van der Waals surface area contributed by atoms with Gasteiger partial charge in [0, 0.05) is 36.4 Å². The summed E-state index contributed by atoms with van der Waals surface area (Å²) in [7, 11) is 0. The van der Waals surface area contributed by atoms with E-state index in [1.54, 1.807) is 24.3 Å². The summed E-state index contributed by atoms with van der Waals surface area (Å²) in [6.07, 6.45) is 5.99. The molecular weight excluding hydrogens is 362 g/mol. The van der Waals surface area contributed by atoms with E-state index in [1.165, 1.54) is 0 Å². The van der Waals surface area contributed by atoms with Crippen molar-refractivity contribution < 1.29 is 14.3 Å². The van der Waals surface area contributed by atoms with Crippen LogP contribution >= 0.6 is 11.6 Å². The van der Waals surface area contributed by atoms with E-state index >= 15 is 0 Å². The highest BCUT2D eigenvalue weighted by molar-refractivity contribution is 6.30. The van der Waals surface area contributed by atoms with Crippen molar-refractivity contribution in [3.8, 4) is 0 Å². The number of amides is 1. The number of nitrogens with one attached hydrogen (secondary N) is 1. The first-order valence-corrected chi connectivity index (χ1v) is 10.8. The number of fused-ring (bicyclic) bond motifs is 1. The molecule has 0 aromatic heterocycles. The molecule has 1 aliphatic heterocycles. The van der Waals surface area contributed by atoms with Crippen LogP contribution in [-0.2, 0) is 9.47 Å². The lowest BCUT2D eigenvalue weighted by Crippen LogP contribution is -2.37. The Morgan fingerprint density at radius 2 is 1.89 bits per heavy atom. The summed E-state index contributed by atoms with van der Waals surface area (Å²) in [6.45, 7) is 4.83. The van der Waals surface area contributed by atoms with E-state index in [9.17, 15) is 4.79 Å². The molecule has 3 fully saturated rings. The predicted molar refractivity (Wildman–Crippen MR) is 106 cm³/mol. The monoisotopic (exact) mass is 391 g/mol. The Morgan fingerprint density at radius 3 is 2.52 bits per heavy atom. The predicted octanol–water partition coefficient (Wildman–Crippen LogP) is 4.32. The number of hydrogen-bond donors (Lipinski definition) is 1. The van der Waals surface area contributed by atoms with Gasteiger partial charge in [-0.1, -0.05) is 18.5 Å². The lowest BCUT2D eigenvalue weighted by Gasteiger charge is -2.25. The molecule has 148 valence electrons. The highest BCUT2D eigenvalue weighted by Gasteiger charge is 2.59. The van der Waals surface area contributed by atoms with E-state index in [2.05, 4.69) is 12.2 Å². The summed E-state index contributed by atoms with van der Waals surface area (Å²) in [4.78, 5) is 12.5. The molecule has 4 rings (SSSR count). The van der Waals surface area contributed by atoms with E-state index in [0.717, 1.165) is 63.8 Å². The Hall–Kier alpha value is -1.10. The Morgan fingerprint density at radius 1 is 1.22 bits per heavy atom. The first-order valence-electron chi connectivity index (χ1n) is 10.4. The largest absolute Gasteiger partial charge is 0.381 e. The molecule has 1 saturated heterocycles. The van der Waals surface area contributed by atoms with Crippen molar-refractivity contribution in [1.29, 1.82) is 0 Å². The van der Waals surface area contributed by atoms with Crippen LogP contribution in [0, 0.1) is 23.7 Å². The van der Waals surface area contributed by atoms with Crippen molar-refractivity contribution in [2.75, 3.05) is 19.8 Å². The summed E-state index contributed by atoms with van der Waals surface area (Å²) in [5, 5.41) is 3.91. The molecule has 0 bridgehead atoms. The molecule has 27 heavy (non-hydrogen) atoms. The number of carbonyl (C=O) groups is 1. The zero-order valence-corrected chi connectivity index (χ0v) is 16.8. The van der Waals surface area contributed by atoms with Gasteiger partial charge in [-0.2, -0.15) is 0 Å². The van der Waals surface area contributed by atoms with Gasteiger partial charge in [0.05, 0.1) is 6.10 Å². The molecule has 1 N–H and O–H groups in total. The van der Waals surface area contributed by atoms with Gasteiger partial charge in [-0.3, -0.25) is 4.79 Å². The van der Waals surface area contributed by atoms with Crippen molar-refractivity contribution in [2.24, 2.45) is 23.7 Å². The number of hydrogen-bond acceptors (Lipinski definition) is 3. The van der Waals surface area contributed by atoms with Crippen molar-refractivity contribution in [2.45, 2.75) is 51.2 Å². The van der Waals surface area contributed by atoms with Crippen molar-refractivity contribution >= 4 is 17.5 Å². The smallest absolute Gasteiger partial charge is 0.251 e. The molecule has 1 amide bonds. The first kappa shape index (κ1) is 19.2. The summed E-state index contributed by atoms with van der Waals surface area (Å²) < 4.78 is 11.6. The van der Waals surface area contributed by atoms with Gasteiger partial charge in [0.15, 0.2) is 0 Å². The van der Waals surface area contributed by atoms with Crippen LogP contribution in [0.3, 0.4) is 0 Å². The molecule has 4 nitrogen and oxygen atoms in total. The van der Waals surface area contributed by atoms with Gasteiger partial charge in [0.1, 0.15) is 0 Å². The Bertz CT molecular complexity index is 631. The van der Waals surface area contributed by atoms with Crippen molar-refractivity contribution in [3.05, 3.63) is 34.9 Å². The van der Waals surface area contributed by atoms with Crippen LogP contribution in [0.1, 0.15) is 49.4 Å². The normalized spacial score (nSPS) is 31.3. The molecule has 0 spiro atoms. The van der Waals surface area contributed by atoms with Crippen LogP contribution in [0.2, 0.25) is 5.02 Å². The van der Waals surface area contributed by atoms with Gasteiger partial charge in [-0.15, -0.1) is 0 Å². The van der Waals surface area contributed by atoms with Crippen LogP contribution in [0.4, 0.5) is 0 Å². The standard InChI is InChI=1S/C22H30ClNO3/c1-2-20(24-22(25)15-3-5-16(23)6-4-15)21-18-11-17(12-19(18)21)27-13-14-7-9-26-10-8-14/h3-6,14,17-21H,2,7-13H2,1H3,(H,24,25). The molecule has 3 aliphatic rings. The number of halogens is 1. The lowest BCUT2D eigenvalue weighted by molar-refractivity contribution is -0.0141. The summed E-state index contributed by atoms with van der Waals surface area (Å²) in [6, 6.07) is 7.38. The minimum Gasteiger partial charge on any atom is -0.381 e. The second kappa shape index (κ2) is 8.50. The molecule has 1 heterocycles. The summed E-state index contributed by atoms with van der Waals surface area (Å²) in [5.41, 5.74) is 0.682. The van der Waals surface area contributed by atoms with E-state index in [4.69, 9.17) is 21.1 Å².